The topological polar surface area (TPSA) is 39.5 Å². The van der Waals surface area contributed by atoms with Crippen LogP contribution in [0.4, 0.5) is 0 Å². The van der Waals surface area contributed by atoms with Crippen molar-refractivity contribution in [1.29, 1.82) is 5.53 Å². The minimum atomic E-state index is 0.361. The van der Waals surface area contributed by atoms with Crippen LogP contribution in [-0.2, 0) is 0 Å². The molecule has 0 atom stereocenters. The minimum absolute atomic E-state index is 0.361. The molecule has 0 saturated heterocycles. The number of rotatable bonds is 1. The maximum Gasteiger partial charge on any atom is 0.0529 e. The summed E-state index contributed by atoms with van der Waals surface area (Å²) in [6, 6.07) is 0. The highest BCUT2D eigenvalue weighted by molar-refractivity contribution is 6.33. The average Bonchev–Trinajstić information content (AvgIpc) is 1.38. The van der Waals surface area contributed by atoms with Crippen LogP contribution in [0, 0.1) is 5.53 Å². The maximum absolute atomic E-state index is 5.94. The molecule has 0 aromatic rings. The molecule has 30 valence electrons. The van der Waals surface area contributed by atoms with E-state index in [1.54, 1.807) is 0 Å². The van der Waals surface area contributed by atoms with Crippen LogP contribution < -0.4 is 0 Å². The lowest BCUT2D eigenvalue weighted by Crippen LogP contribution is -1.74. The molecule has 0 rings (SSSR count). The number of nitrogens with one attached hydrogen (secondary N) is 1. The first-order chi connectivity index (χ1) is 2.27. The summed E-state index contributed by atoms with van der Waals surface area (Å²) in [5.41, 5.74) is 5.94. The first kappa shape index (κ1) is 4.98. The molecule has 0 radical (unpaired) electrons. The molecule has 0 spiro atoms. The molecule has 1 N–H and O–H groups in total. The highest BCUT2D eigenvalue weighted by Crippen LogP contribution is 1.95. The summed E-state index contributed by atoms with van der Waals surface area (Å²) in [4.78, 5) is 0. The monoisotopic (exact) mass is 113 g/mol. The van der Waals surface area contributed by atoms with Gasteiger partial charge >= 0.3 is 0 Å². The fourth-order valence-corrected chi connectivity index (χ4v) is 0. The standard InChI is InChI=1S/Cl2HN3/c1-5(2)4-3/h3H. The molecule has 0 bridgehead atoms. The van der Waals surface area contributed by atoms with E-state index in [1.165, 1.54) is 0 Å². The van der Waals surface area contributed by atoms with Gasteiger partial charge in [-0.1, -0.05) is 4.05 Å². The van der Waals surface area contributed by atoms with E-state index in [9.17, 15) is 0 Å². The molecule has 0 amide bonds. The van der Waals surface area contributed by atoms with E-state index in [0.717, 1.165) is 0 Å². The molecular weight excluding hydrogens is 113 g/mol. The van der Waals surface area contributed by atoms with Crippen molar-refractivity contribution in [3.05, 3.63) is 0 Å². The molecule has 5 heavy (non-hydrogen) atoms. The number of hydrogen-bond donors (Lipinski definition) is 1. The zero-order valence-electron chi connectivity index (χ0n) is 2.15. The Bertz CT molecular complexity index is 31.9. The van der Waals surface area contributed by atoms with Gasteiger partial charge in [-0.15, -0.1) is 0 Å². The third-order valence-corrected chi connectivity index (χ3v) is 0.227. The summed E-state index contributed by atoms with van der Waals surface area (Å²) in [6.45, 7) is 0. The van der Waals surface area contributed by atoms with Gasteiger partial charge in [0.2, 0.25) is 0 Å². The summed E-state index contributed by atoms with van der Waals surface area (Å²) in [5.74, 6) is 0. The van der Waals surface area contributed by atoms with Crippen LogP contribution in [0.5, 0.6) is 0 Å². The SMILES string of the molecule is N=NN(Cl)Cl. The zero-order valence-corrected chi connectivity index (χ0v) is 3.66. The second kappa shape index (κ2) is 2.23. The largest absolute Gasteiger partial charge is 0.184 e. The fourth-order valence-electron chi connectivity index (χ4n) is 0. The lowest BCUT2D eigenvalue weighted by atomic mass is 12.8. The molecular formula is HCl2N3. The molecule has 5 heteroatoms. The minimum Gasteiger partial charge on any atom is -0.184 e. The number of hydrogen-bond acceptors (Lipinski definition) is 2. The fraction of sp³-hybridized carbons (Fsp3) is 0. The summed E-state index contributed by atoms with van der Waals surface area (Å²) in [5, 5.41) is 2.50. The van der Waals surface area contributed by atoms with Crippen molar-refractivity contribution < 1.29 is 0 Å². The number of nitrogens with zero attached hydrogens (tertiary/aromatic N) is 2. The van der Waals surface area contributed by atoms with Crippen LogP contribution >= 0.6 is 23.6 Å². The van der Waals surface area contributed by atoms with E-state index >= 15 is 0 Å². The van der Waals surface area contributed by atoms with Gasteiger partial charge < -0.3 is 0 Å². The van der Waals surface area contributed by atoms with E-state index in [0.29, 0.717) is 4.05 Å². The Labute approximate surface area is 39.2 Å². The molecule has 3 nitrogen and oxygen atoms in total. The first-order valence-electron chi connectivity index (χ1n) is 0.762. The lowest BCUT2D eigenvalue weighted by Gasteiger charge is -1.83. The van der Waals surface area contributed by atoms with Gasteiger partial charge in [-0.05, 0) is 5.22 Å². The summed E-state index contributed by atoms with van der Waals surface area (Å²) >= 11 is 9.41. The quantitative estimate of drug-likeness (QED) is 0.313. The van der Waals surface area contributed by atoms with Crippen molar-refractivity contribution in [2.75, 3.05) is 0 Å². The van der Waals surface area contributed by atoms with E-state index < -0.39 is 0 Å². The van der Waals surface area contributed by atoms with Crippen LogP contribution in [0.1, 0.15) is 0 Å². The van der Waals surface area contributed by atoms with E-state index in [1.807, 2.05) is 0 Å². The van der Waals surface area contributed by atoms with Gasteiger partial charge in [0.15, 0.2) is 0 Å². The van der Waals surface area contributed by atoms with Gasteiger partial charge in [0.25, 0.3) is 0 Å². The van der Waals surface area contributed by atoms with Gasteiger partial charge in [-0.3, -0.25) is 0 Å². The van der Waals surface area contributed by atoms with Crippen LogP contribution in [0.3, 0.4) is 0 Å². The normalized spacial score (nSPS) is 6.80. The summed E-state index contributed by atoms with van der Waals surface area (Å²) < 4.78 is 0.361. The van der Waals surface area contributed by atoms with Gasteiger partial charge in [0.1, 0.15) is 0 Å². The van der Waals surface area contributed by atoms with Crippen LogP contribution in [-0.4, -0.2) is 4.05 Å². The summed E-state index contributed by atoms with van der Waals surface area (Å²) in [7, 11) is 0. The van der Waals surface area contributed by atoms with Crippen LogP contribution in [0.15, 0.2) is 5.22 Å². The van der Waals surface area contributed by atoms with Crippen molar-refractivity contribution in [3.63, 3.8) is 0 Å². The third kappa shape index (κ3) is 3.98. The Hall–Kier alpha value is -0.0200. The predicted molar refractivity (Wildman–Crippen MR) is 18.7 cm³/mol. The van der Waals surface area contributed by atoms with Gasteiger partial charge in [-0.25, -0.2) is 0 Å². The molecule has 0 aliphatic heterocycles. The smallest absolute Gasteiger partial charge is 0.0529 e. The molecule has 0 fully saturated rings. The van der Waals surface area contributed by atoms with Gasteiger partial charge in [0.05, 0.1) is 23.6 Å². The van der Waals surface area contributed by atoms with E-state index in [4.69, 9.17) is 29.1 Å². The van der Waals surface area contributed by atoms with Crippen molar-refractivity contribution in [3.8, 4) is 0 Å². The Morgan fingerprint density at radius 1 is 1.60 bits per heavy atom. The van der Waals surface area contributed by atoms with Crippen molar-refractivity contribution in [1.82, 2.24) is 4.05 Å². The third-order valence-electron chi connectivity index (χ3n) is 0.0756. The van der Waals surface area contributed by atoms with Crippen LogP contribution in [0.25, 0.3) is 0 Å². The second-order valence-electron chi connectivity index (χ2n) is 0.315. The summed E-state index contributed by atoms with van der Waals surface area (Å²) in [6.07, 6.45) is 0. The Morgan fingerprint density at radius 2 is 1.80 bits per heavy atom. The molecule has 0 heterocycles. The first-order valence-corrected chi connectivity index (χ1v) is 1.44. The van der Waals surface area contributed by atoms with Crippen molar-refractivity contribution >= 4 is 23.6 Å². The van der Waals surface area contributed by atoms with Gasteiger partial charge in [0, 0.05) is 0 Å². The molecule has 0 aliphatic rings. The average molecular weight is 114 g/mol. The Balaban J connectivity index is 2.83. The maximum atomic E-state index is 5.94. The van der Waals surface area contributed by atoms with E-state index in [-0.39, 0.29) is 0 Å². The predicted octanol–water partition coefficient (Wildman–Crippen LogP) is 1.54. The number of halogens is 2. The highest BCUT2D eigenvalue weighted by atomic mass is 35.5. The van der Waals surface area contributed by atoms with Crippen LogP contribution in [0.2, 0.25) is 0 Å². The van der Waals surface area contributed by atoms with Gasteiger partial charge in [-0.2, -0.15) is 5.53 Å². The molecule has 0 aromatic heterocycles. The Kier molecular flexibility index (Phi) is 2.22. The molecule has 0 aliphatic carbocycles. The molecule has 0 saturated carbocycles. The Morgan fingerprint density at radius 3 is 1.80 bits per heavy atom. The van der Waals surface area contributed by atoms with Crippen molar-refractivity contribution in [2.45, 2.75) is 0 Å². The molecule has 0 aromatic carbocycles. The van der Waals surface area contributed by atoms with E-state index in [2.05, 4.69) is 5.22 Å². The highest BCUT2D eigenvalue weighted by Gasteiger charge is 1.75. The zero-order chi connectivity index (χ0) is 4.28. The van der Waals surface area contributed by atoms with Crippen molar-refractivity contribution in [2.24, 2.45) is 5.22 Å². The lowest BCUT2D eigenvalue weighted by molar-refractivity contribution is 0.677. The molecule has 0 unspecified atom stereocenters. The second-order valence-corrected chi connectivity index (χ2v) is 1.13.